The number of anilines is 1. The summed E-state index contributed by atoms with van der Waals surface area (Å²) >= 11 is 5.97. The van der Waals surface area contributed by atoms with Crippen molar-refractivity contribution < 1.29 is 9.59 Å². The summed E-state index contributed by atoms with van der Waals surface area (Å²) in [5, 5.41) is 7.41. The van der Waals surface area contributed by atoms with E-state index < -0.39 is 0 Å². The predicted molar refractivity (Wildman–Crippen MR) is 152 cm³/mol. The molecule has 1 aliphatic carbocycles. The lowest BCUT2D eigenvalue weighted by Gasteiger charge is -2.21. The molecule has 1 saturated heterocycles. The van der Waals surface area contributed by atoms with Gasteiger partial charge in [0.25, 0.3) is 5.91 Å². The summed E-state index contributed by atoms with van der Waals surface area (Å²) in [5.74, 6) is 0.478. The summed E-state index contributed by atoms with van der Waals surface area (Å²) in [5.41, 5.74) is 3.03. The SMILES string of the molecule is O=C(N[C@@H]1CCC[C@@H]1C(=O)Nc1ccc(-n2ccnc2CN2CCCC2)cc1)c1ccc2nc(Cl)ccc2c1. The molecule has 1 aliphatic heterocycles. The van der Waals surface area contributed by atoms with Crippen molar-refractivity contribution in [2.24, 2.45) is 5.92 Å². The Balaban J connectivity index is 1.09. The third kappa shape index (κ3) is 5.67. The molecule has 0 unspecified atom stereocenters. The molecule has 0 bridgehead atoms. The Morgan fingerprint density at radius 3 is 2.62 bits per heavy atom. The molecule has 3 heterocycles. The number of fused-ring (bicyclic) bond motifs is 1. The summed E-state index contributed by atoms with van der Waals surface area (Å²) in [6.45, 7) is 3.08. The lowest BCUT2D eigenvalue weighted by Crippen LogP contribution is -2.41. The lowest BCUT2D eigenvalue weighted by atomic mass is 10.0. The molecule has 8 nitrogen and oxygen atoms in total. The highest BCUT2D eigenvalue weighted by Gasteiger charge is 2.34. The van der Waals surface area contributed by atoms with Crippen LogP contribution in [-0.4, -0.2) is 50.4 Å². The van der Waals surface area contributed by atoms with Crippen LogP contribution < -0.4 is 10.6 Å². The Kier molecular flexibility index (Phi) is 7.30. The number of imidazole rings is 1. The molecule has 2 fully saturated rings. The molecule has 1 saturated carbocycles. The monoisotopic (exact) mass is 542 g/mol. The first-order valence-electron chi connectivity index (χ1n) is 13.6. The number of likely N-dealkylation sites (tertiary alicyclic amines) is 1. The Hall–Kier alpha value is -3.75. The second-order valence-electron chi connectivity index (χ2n) is 10.4. The maximum absolute atomic E-state index is 13.2. The number of nitrogens with one attached hydrogen (secondary N) is 2. The highest BCUT2D eigenvalue weighted by molar-refractivity contribution is 6.29. The number of amides is 2. The normalized spacial score (nSPS) is 19.4. The number of aromatic nitrogens is 3. The van der Waals surface area contributed by atoms with Crippen LogP contribution in [-0.2, 0) is 11.3 Å². The van der Waals surface area contributed by atoms with E-state index in [2.05, 4.69) is 30.1 Å². The third-order valence-electron chi connectivity index (χ3n) is 7.78. The number of carbonyl (C=O) groups is 2. The summed E-state index contributed by atoms with van der Waals surface area (Å²) in [6, 6.07) is 16.5. The van der Waals surface area contributed by atoms with Gasteiger partial charge in [0, 0.05) is 40.8 Å². The molecular formula is C30H31ClN6O2. The van der Waals surface area contributed by atoms with Gasteiger partial charge < -0.3 is 15.2 Å². The van der Waals surface area contributed by atoms with Crippen LogP contribution in [0.2, 0.25) is 5.15 Å². The van der Waals surface area contributed by atoms with Crippen molar-refractivity contribution in [1.29, 1.82) is 0 Å². The van der Waals surface area contributed by atoms with E-state index in [0.29, 0.717) is 10.7 Å². The zero-order valence-electron chi connectivity index (χ0n) is 21.6. The molecule has 2 aromatic heterocycles. The number of halogens is 1. The minimum atomic E-state index is -0.282. The Morgan fingerprint density at radius 2 is 1.79 bits per heavy atom. The van der Waals surface area contributed by atoms with E-state index in [1.165, 1.54) is 12.8 Å². The second-order valence-corrected chi connectivity index (χ2v) is 10.8. The summed E-state index contributed by atoms with van der Waals surface area (Å²) in [4.78, 5) is 37.5. The van der Waals surface area contributed by atoms with Crippen LogP contribution in [0, 0.1) is 5.92 Å². The Bertz CT molecular complexity index is 1500. The molecule has 6 rings (SSSR count). The van der Waals surface area contributed by atoms with Crippen LogP contribution in [0.25, 0.3) is 16.6 Å². The van der Waals surface area contributed by atoms with Crippen molar-refractivity contribution in [3.05, 3.63) is 83.5 Å². The van der Waals surface area contributed by atoms with Crippen molar-refractivity contribution in [1.82, 2.24) is 24.8 Å². The van der Waals surface area contributed by atoms with Crippen LogP contribution in [0.5, 0.6) is 0 Å². The summed E-state index contributed by atoms with van der Waals surface area (Å²) < 4.78 is 2.10. The van der Waals surface area contributed by atoms with Gasteiger partial charge in [0.15, 0.2) is 0 Å². The van der Waals surface area contributed by atoms with Gasteiger partial charge in [0.2, 0.25) is 5.91 Å². The predicted octanol–water partition coefficient (Wildman–Crippen LogP) is 5.21. The van der Waals surface area contributed by atoms with Gasteiger partial charge >= 0.3 is 0 Å². The summed E-state index contributed by atoms with van der Waals surface area (Å²) in [7, 11) is 0. The zero-order chi connectivity index (χ0) is 26.8. The maximum atomic E-state index is 13.2. The highest BCUT2D eigenvalue weighted by Crippen LogP contribution is 2.28. The molecule has 200 valence electrons. The van der Waals surface area contributed by atoms with Crippen LogP contribution in [0.3, 0.4) is 0 Å². The van der Waals surface area contributed by atoms with E-state index in [4.69, 9.17) is 11.6 Å². The van der Waals surface area contributed by atoms with E-state index >= 15 is 0 Å². The van der Waals surface area contributed by atoms with Crippen molar-refractivity contribution >= 4 is 40.0 Å². The van der Waals surface area contributed by atoms with Gasteiger partial charge in [-0.05, 0) is 93.4 Å². The number of hydrogen-bond acceptors (Lipinski definition) is 5. The minimum Gasteiger partial charge on any atom is -0.349 e. The second kappa shape index (κ2) is 11.2. The number of rotatable bonds is 7. The Morgan fingerprint density at radius 1 is 0.974 bits per heavy atom. The van der Waals surface area contributed by atoms with E-state index in [9.17, 15) is 9.59 Å². The molecule has 0 radical (unpaired) electrons. The van der Waals surface area contributed by atoms with Gasteiger partial charge in [-0.2, -0.15) is 0 Å². The first kappa shape index (κ1) is 25.5. The molecular weight excluding hydrogens is 512 g/mol. The number of hydrogen-bond donors (Lipinski definition) is 2. The fourth-order valence-electron chi connectivity index (χ4n) is 5.71. The first-order valence-corrected chi connectivity index (χ1v) is 13.9. The molecule has 2 N–H and O–H groups in total. The highest BCUT2D eigenvalue weighted by atomic mass is 35.5. The first-order chi connectivity index (χ1) is 19.0. The molecule has 2 aromatic carbocycles. The number of pyridine rings is 1. The third-order valence-corrected chi connectivity index (χ3v) is 7.99. The van der Waals surface area contributed by atoms with Crippen molar-refractivity contribution in [2.75, 3.05) is 18.4 Å². The van der Waals surface area contributed by atoms with E-state index in [-0.39, 0.29) is 23.8 Å². The zero-order valence-corrected chi connectivity index (χ0v) is 22.4. The fourth-order valence-corrected chi connectivity index (χ4v) is 5.86. The minimum absolute atomic E-state index is 0.0692. The van der Waals surface area contributed by atoms with Crippen LogP contribution in [0.4, 0.5) is 5.69 Å². The van der Waals surface area contributed by atoms with Gasteiger partial charge in [-0.15, -0.1) is 0 Å². The van der Waals surface area contributed by atoms with Gasteiger partial charge in [-0.1, -0.05) is 18.0 Å². The van der Waals surface area contributed by atoms with Crippen molar-refractivity contribution in [3.8, 4) is 5.69 Å². The van der Waals surface area contributed by atoms with E-state index in [1.54, 1.807) is 24.3 Å². The average Bonchev–Trinajstić information content (AvgIpc) is 3.72. The number of nitrogens with zero attached hydrogens (tertiary/aromatic N) is 4. The lowest BCUT2D eigenvalue weighted by molar-refractivity contribution is -0.120. The maximum Gasteiger partial charge on any atom is 0.251 e. The topological polar surface area (TPSA) is 92.2 Å². The van der Waals surface area contributed by atoms with Crippen molar-refractivity contribution in [3.63, 3.8) is 0 Å². The van der Waals surface area contributed by atoms with Crippen molar-refractivity contribution in [2.45, 2.75) is 44.7 Å². The van der Waals surface area contributed by atoms with Crippen LogP contribution in [0.1, 0.15) is 48.3 Å². The number of carbonyl (C=O) groups excluding carboxylic acids is 2. The van der Waals surface area contributed by atoms with Crippen LogP contribution in [0.15, 0.2) is 67.0 Å². The molecule has 9 heteroatoms. The average molecular weight is 543 g/mol. The van der Waals surface area contributed by atoms with Gasteiger partial charge in [0.05, 0.1) is 18.0 Å². The molecule has 39 heavy (non-hydrogen) atoms. The van der Waals surface area contributed by atoms with Crippen LogP contribution >= 0.6 is 11.6 Å². The molecule has 0 spiro atoms. The Labute approximate surface area is 232 Å². The van der Waals surface area contributed by atoms with Gasteiger partial charge in [-0.3, -0.25) is 14.5 Å². The molecule has 2 amide bonds. The smallest absolute Gasteiger partial charge is 0.251 e. The molecule has 2 atom stereocenters. The van der Waals surface area contributed by atoms with E-state index in [0.717, 1.165) is 67.0 Å². The standard InChI is InChI=1S/C30H31ClN6O2/c31-27-13-7-20-18-21(6-12-25(20)34-27)29(38)35-26-5-3-4-24(26)30(39)33-22-8-10-23(11-9-22)37-17-14-32-28(37)19-36-15-1-2-16-36/h6-14,17-18,24,26H,1-5,15-16,19H2,(H,33,39)(H,35,38)/t24-,26+/m0/s1. The van der Waals surface area contributed by atoms with Gasteiger partial charge in [0.1, 0.15) is 11.0 Å². The molecule has 4 aromatic rings. The largest absolute Gasteiger partial charge is 0.349 e. The molecule has 2 aliphatic rings. The van der Waals surface area contributed by atoms with Gasteiger partial charge in [-0.25, -0.2) is 9.97 Å². The van der Waals surface area contributed by atoms with E-state index in [1.807, 2.05) is 42.7 Å². The quantitative estimate of drug-likeness (QED) is 0.313. The fraction of sp³-hybridized carbons (Fsp3) is 0.333. The number of benzene rings is 2. The summed E-state index contributed by atoms with van der Waals surface area (Å²) in [6.07, 6.45) is 8.71.